The van der Waals surface area contributed by atoms with Crippen molar-refractivity contribution < 1.29 is 13.2 Å². The number of benzene rings is 2. The predicted octanol–water partition coefficient (Wildman–Crippen LogP) is 4.14. The number of nitrogens with one attached hydrogen (secondary N) is 1. The van der Waals surface area contributed by atoms with Crippen molar-refractivity contribution in [3.8, 4) is 11.5 Å². The third-order valence-corrected chi connectivity index (χ3v) is 6.45. The summed E-state index contributed by atoms with van der Waals surface area (Å²) in [6, 6.07) is 15.1. The van der Waals surface area contributed by atoms with Gasteiger partial charge >= 0.3 is 0 Å². The summed E-state index contributed by atoms with van der Waals surface area (Å²) in [7, 11) is -3.75. The van der Waals surface area contributed by atoms with Gasteiger partial charge in [0, 0.05) is 11.7 Å². The fraction of sp³-hybridized carbons (Fsp3) is 0.190. The number of aromatic nitrogens is 1. The first-order valence-electron chi connectivity index (χ1n) is 9.19. The maximum atomic E-state index is 12.7. The largest absolute Gasteiger partial charge is 0.456 e. The van der Waals surface area contributed by atoms with Crippen molar-refractivity contribution >= 4 is 27.3 Å². The van der Waals surface area contributed by atoms with Crippen LogP contribution >= 0.6 is 11.6 Å². The molecule has 0 aliphatic heterocycles. The Hall–Kier alpha value is -2.61. The molecule has 0 saturated carbocycles. The topological polar surface area (TPSA) is 94.3 Å². The molecule has 0 unspecified atom stereocenters. The van der Waals surface area contributed by atoms with Gasteiger partial charge in [0.25, 0.3) is 10.0 Å². The second-order valence-electron chi connectivity index (χ2n) is 6.94. The lowest BCUT2D eigenvalue weighted by Crippen LogP contribution is -2.28. The van der Waals surface area contributed by atoms with Gasteiger partial charge in [0.05, 0.1) is 21.8 Å². The molecule has 3 aromatic rings. The number of pyridine rings is 1. The Bertz CT molecular complexity index is 1130. The van der Waals surface area contributed by atoms with Gasteiger partial charge in [-0.25, -0.2) is 8.42 Å². The SMILES string of the molecule is N[C@H]1CCc2ncc(NS(=O)(=O)c3ccc(Oc4ccccc4Cl)cc3)cc2C1. The number of sulfonamides is 1. The van der Waals surface area contributed by atoms with E-state index in [0.29, 0.717) is 28.6 Å². The van der Waals surface area contributed by atoms with Gasteiger partial charge < -0.3 is 10.5 Å². The van der Waals surface area contributed by atoms with Crippen LogP contribution in [0.15, 0.2) is 65.7 Å². The lowest BCUT2D eigenvalue weighted by atomic mass is 9.92. The number of nitrogens with zero attached hydrogens (tertiary/aromatic N) is 1. The molecule has 3 N–H and O–H groups in total. The van der Waals surface area contributed by atoms with Crippen molar-refractivity contribution in [2.45, 2.75) is 30.2 Å². The van der Waals surface area contributed by atoms with Crippen molar-refractivity contribution in [3.63, 3.8) is 0 Å². The second kappa shape index (κ2) is 8.02. The average molecular weight is 430 g/mol. The van der Waals surface area contributed by atoms with E-state index >= 15 is 0 Å². The van der Waals surface area contributed by atoms with Gasteiger partial charge in [-0.05, 0) is 67.3 Å². The van der Waals surface area contributed by atoms with Crippen LogP contribution in [0, 0.1) is 0 Å². The molecule has 0 radical (unpaired) electrons. The number of para-hydroxylation sites is 1. The number of ether oxygens (including phenoxy) is 1. The molecule has 2 aromatic carbocycles. The fourth-order valence-corrected chi connectivity index (χ4v) is 4.47. The molecule has 0 amide bonds. The number of fused-ring (bicyclic) bond motifs is 1. The normalized spacial score (nSPS) is 16.1. The number of hydrogen-bond donors (Lipinski definition) is 2. The number of nitrogens with two attached hydrogens (primary N) is 1. The van der Waals surface area contributed by atoms with Gasteiger partial charge in [0.2, 0.25) is 0 Å². The van der Waals surface area contributed by atoms with Crippen LogP contribution < -0.4 is 15.2 Å². The third kappa shape index (κ3) is 4.53. The average Bonchev–Trinajstić information content (AvgIpc) is 2.69. The molecule has 1 aliphatic carbocycles. The zero-order valence-corrected chi connectivity index (χ0v) is 17.1. The van der Waals surface area contributed by atoms with Crippen LogP contribution in [-0.2, 0) is 22.9 Å². The maximum absolute atomic E-state index is 12.7. The Kier molecular flexibility index (Phi) is 5.45. The highest BCUT2D eigenvalue weighted by atomic mass is 35.5. The van der Waals surface area contributed by atoms with Crippen molar-refractivity contribution in [1.82, 2.24) is 4.98 Å². The molecule has 1 atom stereocenters. The van der Waals surface area contributed by atoms with E-state index in [-0.39, 0.29) is 10.9 Å². The number of aryl methyl sites for hydroxylation is 1. The molecule has 150 valence electrons. The first kappa shape index (κ1) is 19.7. The van der Waals surface area contributed by atoms with Gasteiger partial charge in [-0.2, -0.15) is 0 Å². The van der Waals surface area contributed by atoms with E-state index in [1.54, 1.807) is 36.5 Å². The molecule has 1 heterocycles. The quantitative estimate of drug-likeness (QED) is 0.635. The molecule has 29 heavy (non-hydrogen) atoms. The summed E-state index contributed by atoms with van der Waals surface area (Å²) in [6.45, 7) is 0. The molecule has 6 nitrogen and oxygen atoms in total. The van der Waals surface area contributed by atoms with Gasteiger partial charge in [-0.3, -0.25) is 9.71 Å². The third-order valence-electron chi connectivity index (χ3n) is 4.74. The van der Waals surface area contributed by atoms with Gasteiger partial charge in [0.1, 0.15) is 11.5 Å². The number of rotatable bonds is 5. The van der Waals surface area contributed by atoms with Crippen LogP contribution in [0.5, 0.6) is 11.5 Å². The Labute approximate surface area is 174 Å². The van der Waals surface area contributed by atoms with E-state index in [2.05, 4.69) is 9.71 Å². The summed E-state index contributed by atoms with van der Waals surface area (Å²) < 4.78 is 33.7. The van der Waals surface area contributed by atoms with E-state index in [9.17, 15) is 8.42 Å². The molecule has 0 spiro atoms. The molecule has 0 fully saturated rings. The lowest BCUT2D eigenvalue weighted by molar-refractivity contribution is 0.482. The highest BCUT2D eigenvalue weighted by Gasteiger charge is 2.19. The van der Waals surface area contributed by atoms with Crippen LogP contribution in [0.1, 0.15) is 17.7 Å². The van der Waals surface area contributed by atoms with Crippen molar-refractivity contribution in [2.24, 2.45) is 5.73 Å². The van der Waals surface area contributed by atoms with Crippen molar-refractivity contribution in [3.05, 3.63) is 77.1 Å². The molecule has 8 heteroatoms. The minimum Gasteiger partial charge on any atom is -0.456 e. The minimum atomic E-state index is -3.75. The molecule has 0 saturated heterocycles. The van der Waals surface area contributed by atoms with Crippen LogP contribution in [0.4, 0.5) is 5.69 Å². The summed E-state index contributed by atoms with van der Waals surface area (Å²) in [6.07, 6.45) is 3.96. The van der Waals surface area contributed by atoms with E-state index in [1.807, 2.05) is 12.1 Å². The Morgan fingerprint density at radius 1 is 1.14 bits per heavy atom. The second-order valence-corrected chi connectivity index (χ2v) is 9.03. The van der Waals surface area contributed by atoms with E-state index in [0.717, 1.165) is 24.1 Å². The molecule has 0 bridgehead atoms. The van der Waals surface area contributed by atoms with Crippen LogP contribution in [0.2, 0.25) is 5.02 Å². The van der Waals surface area contributed by atoms with Crippen molar-refractivity contribution in [1.29, 1.82) is 0 Å². The Morgan fingerprint density at radius 2 is 1.90 bits per heavy atom. The van der Waals surface area contributed by atoms with Crippen molar-refractivity contribution in [2.75, 3.05) is 4.72 Å². The first-order valence-corrected chi connectivity index (χ1v) is 11.1. The number of hydrogen-bond acceptors (Lipinski definition) is 5. The Balaban J connectivity index is 1.50. The monoisotopic (exact) mass is 429 g/mol. The first-order chi connectivity index (χ1) is 13.9. The Morgan fingerprint density at radius 3 is 2.66 bits per heavy atom. The number of halogens is 1. The molecule has 1 aliphatic rings. The summed E-state index contributed by atoms with van der Waals surface area (Å²) >= 11 is 6.08. The smallest absolute Gasteiger partial charge is 0.261 e. The predicted molar refractivity (Wildman–Crippen MR) is 113 cm³/mol. The summed E-state index contributed by atoms with van der Waals surface area (Å²) in [5.41, 5.74) is 8.41. The van der Waals surface area contributed by atoms with Crippen LogP contribution in [-0.4, -0.2) is 19.4 Å². The van der Waals surface area contributed by atoms with Crippen LogP contribution in [0.25, 0.3) is 0 Å². The zero-order valence-electron chi connectivity index (χ0n) is 15.5. The molecule has 4 rings (SSSR count). The summed E-state index contributed by atoms with van der Waals surface area (Å²) in [5.74, 6) is 0.989. The fourth-order valence-electron chi connectivity index (χ4n) is 3.26. The van der Waals surface area contributed by atoms with E-state index in [1.165, 1.54) is 12.1 Å². The van der Waals surface area contributed by atoms with Gasteiger partial charge in [-0.15, -0.1) is 0 Å². The van der Waals surface area contributed by atoms with Gasteiger partial charge in [-0.1, -0.05) is 23.7 Å². The van der Waals surface area contributed by atoms with Crippen LogP contribution in [0.3, 0.4) is 0 Å². The summed E-state index contributed by atoms with van der Waals surface area (Å²) in [4.78, 5) is 4.51. The zero-order chi connectivity index (χ0) is 20.4. The molecule has 1 aromatic heterocycles. The molecular weight excluding hydrogens is 410 g/mol. The summed E-state index contributed by atoms with van der Waals surface area (Å²) in [5, 5.41) is 0.477. The highest BCUT2D eigenvalue weighted by Crippen LogP contribution is 2.30. The maximum Gasteiger partial charge on any atom is 0.261 e. The van der Waals surface area contributed by atoms with E-state index in [4.69, 9.17) is 22.1 Å². The minimum absolute atomic E-state index is 0.0850. The lowest BCUT2D eigenvalue weighted by Gasteiger charge is -2.21. The number of anilines is 1. The molecular formula is C21H20ClN3O3S. The highest BCUT2D eigenvalue weighted by molar-refractivity contribution is 7.92. The standard InChI is InChI=1S/C21H20ClN3O3S/c22-19-3-1-2-4-21(19)28-17-6-8-18(9-7-17)29(26,27)25-16-12-14-11-15(23)5-10-20(14)24-13-16/h1-4,6-9,12-13,15,25H,5,10-11,23H2/t15-/m0/s1. The van der Waals surface area contributed by atoms with E-state index < -0.39 is 10.0 Å². The van der Waals surface area contributed by atoms with Gasteiger partial charge in [0.15, 0.2) is 0 Å².